The van der Waals surface area contributed by atoms with Crippen molar-refractivity contribution in [1.29, 1.82) is 0 Å². The molecule has 1 N–H and O–H groups in total. The number of aliphatic hydroxyl groups excluding tert-OH is 1. The summed E-state index contributed by atoms with van der Waals surface area (Å²) in [5.41, 5.74) is 0. The van der Waals surface area contributed by atoms with Crippen molar-refractivity contribution in [3.8, 4) is 11.8 Å². The summed E-state index contributed by atoms with van der Waals surface area (Å²) in [7, 11) is 0. The van der Waals surface area contributed by atoms with Crippen LogP contribution in [-0.2, 0) is 0 Å². The van der Waals surface area contributed by atoms with Crippen molar-refractivity contribution in [3.63, 3.8) is 0 Å². The maximum Gasteiger partial charge on any atom is 0.0646 e. The van der Waals surface area contributed by atoms with Crippen LogP contribution in [0.4, 0.5) is 0 Å². The zero-order chi connectivity index (χ0) is 7.11. The molecule has 1 atom stereocenters. The van der Waals surface area contributed by atoms with E-state index in [-0.39, 0.29) is 6.10 Å². The second-order valence-corrected chi connectivity index (χ2v) is 1.97. The molecule has 0 spiro atoms. The standard InChI is InChI=1S/C8H14O/c1-3-5-6-7-8(9)4-2/h8-9H,3-4,7H2,1-2H3/t8-/m0/s1. The van der Waals surface area contributed by atoms with Gasteiger partial charge in [-0.2, -0.15) is 0 Å². The van der Waals surface area contributed by atoms with Crippen LogP contribution in [0.2, 0.25) is 0 Å². The molecule has 0 heterocycles. The largest absolute Gasteiger partial charge is 0.392 e. The van der Waals surface area contributed by atoms with Gasteiger partial charge in [0.05, 0.1) is 6.10 Å². The van der Waals surface area contributed by atoms with Crippen LogP contribution in [0.1, 0.15) is 33.1 Å². The molecule has 0 radical (unpaired) electrons. The Kier molecular flexibility index (Phi) is 5.35. The van der Waals surface area contributed by atoms with Crippen molar-refractivity contribution >= 4 is 0 Å². The van der Waals surface area contributed by atoms with E-state index in [4.69, 9.17) is 5.11 Å². The smallest absolute Gasteiger partial charge is 0.0646 e. The maximum atomic E-state index is 8.98. The van der Waals surface area contributed by atoms with Crippen molar-refractivity contribution in [1.82, 2.24) is 0 Å². The summed E-state index contributed by atoms with van der Waals surface area (Å²) in [4.78, 5) is 0. The molecular weight excluding hydrogens is 112 g/mol. The van der Waals surface area contributed by atoms with Gasteiger partial charge in [-0.1, -0.05) is 13.8 Å². The van der Waals surface area contributed by atoms with Crippen molar-refractivity contribution in [2.75, 3.05) is 0 Å². The van der Waals surface area contributed by atoms with Crippen LogP contribution in [0, 0.1) is 11.8 Å². The van der Waals surface area contributed by atoms with Gasteiger partial charge in [-0.15, -0.1) is 11.8 Å². The summed E-state index contributed by atoms with van der Waals surface area (Å²) in [6.45, 7) is 3.96. The van der Waals surface area contributed by atoms with Gasteiger partial charge in [-0.25, -0.2) is 0 Å². The van der Waals surface area contributed by atoms with Crippen LogP contribution >= 0.6 is 0 Å². The van der Waals surface area contributed by atoms with Crippen molar-refractivity contribution in [3.05, 3.63) is 0 Å². The average molecular weight is 126 g/mol. The monoisotopic (exact) mass is 126 g/mol. The molecule has 9 heavy (non-hydrogen) atoms. The highest BCUT2D eigenvalue weighted by Crippen LogP contribution is 1.93. The normalized spacial score (nSPS) is 11.9. The zero-order valence-electron chi connectivity index (χ0n) is 6.15. The second kappa shape index (κ2) is 5.65. The first-order valence-corrected chi connectivity index (χ1v) is 3.45. The molecule has 0 fully saturated rings. The van der Waals surface area contributed by atoms with E-state index in [1.165, 1.54) is 0 Å². The highest BCUT2D eigenvalue weighted by atomic mass is 16.3. The Bertz CT molecular complexity index is 107. The fraction of sp³-hybridized carbons (Fsp3) is 0.750. The molecule has 0 aromatic heterocycles. The molecule has 0 saturated heterocycles. The van der Waals surface area contributed by atoms with E-state index in [0.717, 1.165) is 12.8 Å². The van der Waals surface area contributed by atoms with Gasteiger partial charge in [0.15, 0.2) is 0 Å². The van der Waals surface area contributed by atoms with Crippen LogP contribution in [0.5, 0.6) is 0 Å². The lowest BCUT2D eigenvalue weighted by Crippen LogP contribution is -2.01. The second-order valence-electron chi connectivity index (χ2n) is 1.97. The van der Waals surface area contributed by atoms with Gasteiger partial charge in [0, 0.05) is 12.8 Å². The first kappa shape index (κ1) is 8.52. The first-order valence-electron chi connectivity index (χ1n) is 3.45. The summed E-state index contributed by atoms with van der Waals surface area (Å²) in [6, 6.07) is 0. The van der Waals surface area contributed by atoms with E-state index in [1.807, 2.05) is 13.8 Å². The van der Waals surface area contributed by atoms with Gasteiger partial charge < -0.3 is 5.11 Å². The van der Waals surface area contributed by atoms with Crippen LogP contribution in [0.15, 0.2) is 0 Å². The van der Waals surface area contributed by atoms with E-state index < -0.39 is 0 Å². The molecule has 0 aromatic carbocycles. The minimum atomic E-state index is -0.218. The Morgan fingerprint density at radius 2 is 2.00 bits per heavy atom. The predicted molar refractivity (Wildman–Crippen MR) is 39.0 cm³/mol. The third-order valence-corrected chi connectivity index (χ3v) is 1.11. The van der Waals surface area contributed by atoms with Crippen molar-refractivity contribution in [2.24, 2.45) is 0 Å². The molecule has 0 aliphatic heterocycles. The van der Waals surface area contributed by atoms with Crippen LogP contribution in [0.25, 0.3) is 0 Å². The third kappa shape index (κ3) is 5.39. The summed E-state index contributed by atoms with van der Waals surface area (Å²) < 4.78 is 0. The molecule has 0 aliphatic rings. The quantitative estimate of drug-likeness (QED) is 0.557. The third-order valence-electron chi connectivity index (χ3n) is 1.11. The fourth-order valence-electron chi connectivity index (χ4n) is 0.459. The van der Waals surface area contributed by atoms with Gasteiger partial charge in [0.2, 0.25) is 0 Å². The molecule has 0 aliphatic carbocycles. The van der Waals surface area contributed by atoms with Gasteiger partial charge in [-0.05, 0) is 6.42 Å². The Balaban J connectivity index is 3.25. The molecule has 52 valence electrons. The van der Waals surface area contributed by atoms with Crippen LogP contribution in [0.3, 0.4) is 0 Å². The first-order chi connectivity index (χ1) is 4.31. The summed E-state index contributed by atoms with van der Waals surface area (Å²) >= 11 is 0. The molecule has 0 amide bonds. The Labute approximate surface area is 57.1 Å². The lowest BCUT2D eigenvalue weighted by Gasteiger charge is -1.98. The highest BCUT2D eigenvalue weighted by Gasteiger charge is 1.93. The van der Waals surface area contributed by atoms with E-state index in [9.17, 15) is 0 Å². The molecular formula is C8H14O. The Hall–Kier alpha value is -0.480. The fourth-order valence-corrected chi connectivity index (χ4v) is 0.459. The van der Waals surface area contributed by atoms with E-state index in [0.29, 0.717) is 6.42 Å². The van der Waals surface area contributed by atoms with Gasteiger partial charge >= 0.3 is 0 Å². The van der Waals surface area contributed by atoms with Crippen molar-refractivity contribution < 1.29 is 5.11 Å². The highest BCUT2D eigenvalue weighted by molar-refractivity contribution is 4.98. The van der Waals surface area contributed by atoms with E-state index in [1.54, 1.807) is 0 Å². The summed E-state index contributed by atoms with van der Waals surface area (Å²) in [5, 5.41) is 8.98. The lowest BCUT2D eigenvalue weighted by molar-refractivity contribution is 0.176. The summed E-state index contributed by atoms with van der Waals surface area (Å²) in [5.74, 6) is 5.79. The molecule has 0 rings (SSSR count). The molecule has 0 saturated carbocycles. The minimum absolute atomic E-state index is 0.218. The molecule has 0 aromatic rings. The average Bonchev–Trinajstić information content (AvgIpc) is 1.89. The van der Waals surface area contributed by atoms with Crippen molar-refractivity contribution in [2.45, 2.75) is 39.2 Å². The maximum absolute atomic E-state index is 8.98. The molecule has 1 nitrogen and oxygen atoms in total. The number of rotatable bonds is 2. The number of hydrogen-bond donors (Lipinski definition) is 1. The molecule has 0 bridgehead atoms. The SMILES string of the molecule is CCC#CC[C@@H](O)CC. The zero-order valence-corrected chi connectivity index (χ0v) is 6.15. The Morgan fingerprint density at radius 3 is 2.44 bits per heavy atom. The number of aliphatic hydroxyl groups is 1. The molecule has 0 unspecified atom stereocenters. The van der Waals surface area contributed by atoms with Crippen LogP contribution < -0.4 is 0 Å². The van der Waals surface area contributed by atoms with Gasteiger partial charge in [-0.3, -0.25) is 0 Å². The van der Waals surface area contributed by atoms with Crippen LogP contribution in [-0.4, -0.2) is 11.2 Å². The van der Waals surface area contributed by atoms with Gasteiger partial charge in [0.25, 0.3) is 0 Å². The number of hydrogen-bond acceptors (Lipinski definition) is 1. The summed E-state index contributed by atoms with van der Waals surface area (Å²) in [6.07, 6.45) is 2.10. The molecule has 1 heteroatoms. The minimum Gasteiger partial charge on any atom is -0.392 e. The predicted octanol–water partition coefficient (Wildman–Crippen LogP) is 1.56. The van der Waals surface area contributed by atoms with E-state index >= 15 is 0 Å². The topological polar surface area (TPSA) is 20.2 Å². The van der Waals surface area contributed by atoms with E-state index in [2.05, 4.69) is 11.8 Å². The lowest BCUT2D eigenvalue weighted by atomic mass is 10.2. The Morgan fingerprint density at radius 1 is 1.33 bits per heavy atom. The van der Waals surface area contributed by atoms with Gasteiger partial charge in [0.1, 0.15) is 0 Å².